The minimum atomic E-state index is -4.38. The Morgan fingerprint density at radius 2 is 1.55 bits per heavy atom. The Morgan fingerprint density at radius 3 is 1.90 bits per heavy atom. The molecule has 2 N–H and O–H groups in total. The predicted molar refractivity (Wildman–Crippen MR) is 108 cm³/mol. The van der Waals surface area contributed by atoms with Crippen molar-refractivity contribution in [1.29, 1.82) is 0 Å². The summed E-state index contributed by atoms with van der Waals surface area (Å²) in [5.74, 6) is -0.139. The fourth-order valence-electron chi connectivity index (χ4n) is 5.14. The second-order valence-corrected chi connectivity index (χ2v) is 13.6. The highest BCUT2D eigenvalue weighted by Crippen LogP contribution is 2.75. The quantitative estimate of drug-likeness (QED) is 0.627. The first-order valence-electron chi connectivity index (χ1n) is 10.2. The van der Waals surface area contributed by atoms with Gasteiger partial charge >= 0.3 is 6.18 Å². The van der Waals surface area contributed by atoms with Crippen LogP contribution in [0.3, 0.4) is 0 Å². The van der Waals surface area contributed by atoms with Crippen LogP contribution in [-0.2, 0) is 20.0 Å². The normalized spacial score (nSPS) is 31.4. The Balaban J connectivity index is 0.000000180. The third kappa shape index (κ3) is 3.81. The van der Waals surface area contributed by atoms with Crippen LogP contribution in [0.2, 0.25) is 0 Å². The highest BCUT2D eigenvalue weighted by Gasteiger charge is 2.77. The molecule has 1 saturated heterocycles. The highest BCUT2D eigenvalue weighted by atomic mass is 32.2. The minimum Gasteiger partial charge on any atom is -0.316 e. The van der Waals surface area contributed by atoms with Crippen LogP contribution < -0.4 is 5.32 Å². The van der Waals surface area contributed by atoms with Gasteiger partial charge in [0.1, 0.15) is 0 Å². The van der Waals surface area contributed by atoms with E-state index in [1.54, 1.807) is 12.1 Å². The first kappa shape index (κ1) is 23.0. The summed E-state index contributed by atoms with van der Waals surface area (Å²) in [5, 5.41) is 3.18. The maximum Gasteiger partial charge on any atom is 0.395 e. The SMILES string of the molecule is Cc1ccc(S(=O)(=O)O)cc1.O=S(=O)(CC1(C(F)(F)F)CC1)C12CC(C3CNC3)(C1)C2. The Kier molecular flexibility index (Phi) is 5.13. The Morgan fingerprint density at radius 1 is 1.03 bits per heavy atom. The third-order valence-electron chi connectivity index (χ3n) is 7.57. The van der Waals surface area contributed by atoms with Crippen molar-refractivity contribution in [2.45, 2.75) is 54.8 Å². The van der Waals surface area contributed by atoms with Crippen LogP contribution in [0.1, 0.15) is 37.7 Å². The molecule has 11 heteroatoms. The standard InChI is InChI=1S/C13H18F3NO2S.C7H8O3S/c14-13(15,16)11(1-2-11)8-20(18,19)12-5-10(6-12,7-12)9-3-17-4-9;1-6-2-4-7(5-3-6)11(8,9)10/h9,17H,1-8H2;2-5H,1H3,(H,8,9,10). The second-order valence-electron chi connectivity index (χ2n) is 9.76. The number of alkyl halides is 3. The highest BCUT2D eigenvalue weighted by molar-refractivity contribution is 7.93. The molecule has 5 fully saturated rings. The van der Waals surface area contributed by atoms with Crippen LogP contribution in [0, 0.1) is 23.7 Å². The number of aryl methyl sites for hydroxylation is 1. The molecule has 0 unspecified atom stereocenters. The van der Waals surface area contributed by atoms with Gasteiger partial charge in [-0.2, -0.15) is 21.6 Å². The average Bonchev–Trinajstić information content (AvgIpc) is 3.27. The lowest BCUT2D eigenvalue weighted by Gasteiger charge is -2.73. The third-order valence-corrected chi connectivity index (χ3v) is 11.1. The van der Waals surface area contributed by atoms with E-state index in [0.717, 1.165) is 18.7 Å². The molecule has 0 atom stereocenters. The lowest BCUT2D eigenvalue weighted by atomic mass is 9.38. The number of hydrogen-bond donors (Lipinski definition) is 2. The van der Waals surface area contributed by atoms with E-state index in [2.05, 4.69) is 5.32 Å². The van der Waals surface area contributed by atoms with Crippen molar-refractivity contribution >= 4 is 20.0 Å². The van der Waals surface area contributed by atoms with E-state index in [-0.39, 0.29) is 23.2 Å². The van der Waals surface area contributed by atoms with E-state index < -0.39 is 42.0 Å². The molecule has 4 aliphatic carbocycles. The molecule has 4 saturated carbocycles. The van der Waals surface area contributed by atoms with Gasteiger partial charge in [0.2, 0.25) is 0 Å². The molecule has 0 spiro atoms. The zero-order chi connectivity index (χ0) is 22.9. The molecule has 2 bridgehead atoms. The van der Waals surface area contributed by atoms with E-state index in [1.165, 1.54) is 12.1 Å². The maximum atomic E-state index is 12.9. The van der Waals surface area contributed by atoms with Gasteiger partial charge in [-0.25, -0.2) is 8.42 Å². The lowest BCUT2D eigenvalue weighted by Crippen LogP contribution is -2.77. The van der Waals surface area contributed by atoms with E-state index in [0.29, 0.717) is 25.2 Å². The van der Waals surface area contributed by atoms with Crippen LogP contribution in [0.15, 0.2) is 29.2 Å². The molecule has 31 heavy (non-hydrogen) atoms. The molecule has 0 amide bonds. The summed E-state index contributed by atoms with van der Waals surface area (Å²) in [4.78, 5) is -0.0666. The minimum absolute atomic E-state index is 0.0243. The number of nitrogens with one attached hydrogen (secondary N) is 1. The van der Waals surface area contributed by atoms with E-state index >= 15 is 0 Å². The van der Waals surface area contributed by atoms with Crippen molar-refractivity contribution in [3.05, 3.63) is 29.8 Å². The molecule has 6 rings (SSSR count). The van der Waals surface area contributed by atoms with Gasteiger partial charge in [-0.3, -0.25) is 4.55 Å². The van der Waals surface area contributed by atoms with Crippen LogP contribution in [0.5, 0.6) is 0 Å². The molecule has 1 aliphatic heterocycles. The summed E-state index contributed by atoms with van der Waals surface area (Å²) >= 11 is 0. The second kappa shape index (κ2) is 6.91. The molecular formula is C20H26F3NO5S2. The van der Waals surface area contributed by atoms with Crippen molar-refractivity contribution in [1.82, 2.24) is 5.32 Å². The van der Waals surface area contributed by atoms with Gasteiger partial charge in [0.15, 0.2) is 9.84 Å². The van der Waals surface area contributed by atoms with Gasteiger partial charge < -0.3 is 5.32 Å². The molecule has 6 nitrogen and oxygen atoms in total. The van der Waals surface area contributed by atoms with E-state index in [9.17, 15) is 30.0 Å². The monoisotopic (exact) mass is 481 g/mol. The fourth-order valence-corrected chi connectivity index (χ4v) is 8.63. The zero-order valence-electron chi connectivity index (χ0n) is 17.1. The average molecular weight is 482 g/mol. The van der Waals surface area contributed by atoms with E-state index in [1.807, 2.05) is 6.92 Å². The van der Waals surface area contributed by atoms with Crippen LogP contribution >= 0.6 is 0 Å². The van der Waals surface area contributed by atoms with Crippen molar-refractivity contribution < 1.29 is 34.6 Å². The van der Waals surface area contributed by atoms with Crippen molar-refractivity contribution in [2.24, 2.45) is 16.7 Å². The van der Waals surface area contributed by atoms with Crippen molar-refractivity contribution in [3.63, 3.8) is 0 Å². The molecule has 1 aromatic carbocycles. The summed E-state index contributed by atoms with van der Waals surface area (Å²) < 4.78 is 92.4. The molecule has 0 aromatic heterocycles. The van der Waals surface area contributed by atoms with Crippen molar-refractivity contribution in [2.75, 3.05) is 18.8 Å². The number of benzene rings is 1. The smallest absolute Gasteiger partial charge is 0.316 e. The summed E-state index contributed by atoms with van der Waals surface area (Å²) in [6.45, 7) is 3.71. The number of rotatable bonds is 5. The first-order chi connectivity index (χ1) is 14.1. The zero-order valence-corrected chi connectivity index (χ0v) is 18.7. The molecule has 1 heterocycles. The lowest BCUT2D eigenvalue weighted by molar-refractivity contribution is -0.181. The Bertz CT molecular complexity index is 1050. The molecule has 5 aliphatic rings. The number of halogens is 3. The van der Waals surface area contributed by atoms with Crippen LogP contribution in [0.25, 0.3) is 0 Å². The van der Waals surface area contributed by atoms with Gasteiger partial charge in [0.05, 0.1) is 20.8 Å². The molecule has 0 radical (unpaired) electrons. The van der Waals surface area contributed by atoms with Gasteiger partial charge in [-0.1, -0.05) is 17.7 Å². The molecule has 174 valence electrons. The largest absolute Gasteiger partial charge is 0.395 e. The maximum absolute atomic E-state index is 12.9. The van der Waals surface area contributed by atoms with Crippen molar-refractivity contribution in [3.8, 4) is 0 Å². The fraction of sp³-hybridized carbons (Fsp3) is 0.700. The Hall–Kier alpha value is -1.17. The summed E-state index contributed by atoms with van der Waals surface area (Å²) in [5.41, 5.74) is -0.836. The van der Waals surface area contributed by atoms with E-state index in [4.69, 9.17) is 4.55 Å². The summed E-state index contributed by atoms with van der Waals surface area (Å²) in [6, 6.07) is 5.99. The molecule has 1 aromatic rings. The predicted octanol–water partition coefficient (Wildman–Crippen LogP) is 3.13. The Labute approximate surface area is 180 Å². The number of sulfone groups is 1. The first-order valence-corrected chi connectivity index (χ1v) is 13.3. The van der Waals surface area contributed by atoms with Gasteiger partial charge in [-0.15, -0.1) is 0 Å². The van der Waals surface area contributed by atoms with Crippen LogP contribution in [-0.4, -0.2) is 51.2 Å². The number of hydrogen-bond acceptors (Lipinski definition) is 5. The summed E-state index contributed by atoms with van der Waals surface area (Å²) in [7, 11) is -7.65. The van der Waals surface area contributed by atoms with Gasteiger partial charge in [-0.05, 0) is 75.6 Å². The summed E-state index contributed by atoms with van der Waals surface area (Å²) in [6.07, 6.45) is -2.62. The van der Waals surface area contributed by atoms with Gasteiger partial charge in [0.25, 0.3) is 10.1 Å². The molecular weight excluding hydrogens is 455 g/mol. The van der Waals surface area contributed by atoms with Crippen LogP contribution in [0.4, 0.5) is 13.2 Å². The topological polar surface area (TPSA) is 101 Å². The van der Waals surface area contributed by atoms with Gasteiger partial charge in [0, 0.05) is 0 Å².